The van der Waals surface area contributed by atoms with Crippen LogP contribution in [0.2, 0.25) is 0 Å². The van der Waals surface area contributed by atoms with Crippen molar-refractivity contribution < 1.29 is 0 Å². The van der Waals surface area contributed by atoms with Gasteiger partial charge in [-0.25, -0.2) is 4.79 Å². The monoisotopic (exact) mass is 253 g/mol. The Balaban J connectivity index is 2.40. The van der Waals surface area contributed by atoms with E-state index in [0.29, 0.717) is 11.3 Å². The summed E-state index contributed by atoms with van der Waals surface area (Å²) in [6.45, 7) is 1.93. The number of nitrogens with one attached hydrogen (secondary N) is 2. The van der Waals surface area contributed by atoms with Gasteiger partial charge in [-0.15, -0.1) is 5.10 Å². The van der Waals surface area contributed by atoms with Crippen LogP contribution in [0.25, 0.3) is 0 Å². The van der Waals surface area contributed by atoms with E-state index in [0.717, 1.165) is 5.00 Å². The van der Waals surface area contributed by atoms with Crippen LogP contribution in [0.1, 0.15) is 11.3 Å². The summed E-state index contributed by atoms with van der Waals surface area (Å²) in [5.74, 6) is 0. The zero-order valence-electron chi connectivity index (χ0n) is 9.35. The highest BCUT2D eigenvalue weighted by Gasteiger charge is 2.08. The molecule has 17 heavy (non-hydrogen) atoms. The highest BCUT2D eigenvalue weighted by Crippen LogP contribution is 2.16. The van der Waals surface area contributed by atoms with Gasteiger partial charge in [-0.3, -0.25) is 14.3 Å². The van der Waals surface area contributed by atoms with Crippen LogP contribution in [-0.2, 0) is 6.54 Å². The average Bonchev–Trinajstić information content (AvgIpc) is 2.73. The van der Waals surface area contributed by atoms with E-state index in [1.165, 1.54) is 22.3 Å². The number of H-pyrrole nitrogens is 1. The molecule has 0 aliphatic rings. The van der Waals surface area contributed by atoms with Crippen molar-refractivity contribution in [3.8, 4) is 0 Å². The molecule has 0 saturated carbocycles. The average molecular weight is 253 g/mol. The molecule has 0 radical (unpaired) electrons. The molecule has 0 aromatic carbocycles. The molecule has 2 aromatic rings. The van der Waals surface area contributed by atoms with Crippen LogP contribution in [-0.4, -0.2) is 26.2 Å². The predicted molar refractivity (Wildman–Crippen MR) is 64.6 cm³/mol. The Kier molecular flexibility index (Phi) is 3.05. The van der Waals surface area contributed by atoms with E-state index in [2.05, 4.69) is 19.9 Å². The lowest BCUT2D eigenvalue weighted by molar-refractivity contribution is 0.697. The summed E-state index contributed by atoms with van der Waals surface area (Å²) >= 11 is 1.22. The van der Waals surface area contributed by atoms with E-state index in [1.807, 2.05) is 0 Å². The van der Waals surface area contributed by atoms with Crippen LogP contribution in [0.3, 0.4) is 0 Å². The molecule has 8 heteroatoms. The van der Waals surface area contributed by atoms with Crippen molar-refractivity contribution in [2.75, 3.05) is 12.4 Å². The first-order valence-electron chi connectivity index (χ1n) is 4.91. The maximum absolute atomic E-state index is 11.6. The fourth-order valence-corrected chi connectivity index (χ4v) is 1.92. The van der Waals surface area contributed by atoms with E-state index in [9.17, 15) is 9.59 Å². The van der Waals surface area contributed by atoms with Crippen molar-refractivity contribution in [2.45, 2.75) is 13.5 Å². The maximum atomic E-state index is 11.6. The smallest absolute Gasteiger partial charge is 0.328 e. The normalized spacial score (nSPS) is 10.5. The van der Waals surface area contributed by atoms with E-state index >= 15 is 0 Å². The fourth-order valence-electron chi connectivity index (χ4n) is 1.40. The Bertz CT molecular complexity index is 641. The topological polar surface area (TPSA) is 92.7 Å². The first-order valence-corrected chi connectivity index (χ1v) is 5.68. The van der Waals surface area contributed by atoms with Crippen molar-refractivity contribution in [3.63, 3.8) is 0 Å². The number of hydrogen-bond acceptors (Lipinski definition) is 6. The minimum Gasteiger partial charge on any atom is -0.377 e. The third-order valence-electron chi connectivity index (χ3n) is 2.29. The maximum Gasteiger partial charge on any atom is 0.328 e. The third-order valence-corrected chi connectivity index (χ3v) is 3.08. The Morgan fingerprint density at radius 2 is 2.29 bits per heavy atom. The fraction of sp³-hybridized carbons (Fsp3) is 0.333. The lowest BCUT2D eigenvalue weighted by Crippen LogP contribution is -2.31. The summed E-state index contributed by atoms with van der Waals surface area (Å²) in [4.78, 5) is 25.0. The number of aryl methyl sites for hydroxylation is 1. The summed E-state index contributed by atoms with van der Waals surface area (Å²) in [6, 6.07) is 0. The van der Waals surface area contributed by atoms with E-state index in [1.54, 1.807) is 14.0 Å². The Hall–Kier alpha value is -1.96. The number of aromatic amines is 1. The van der Waals surface area contributed by atoms with Gasteiger partial charge in [-0.1, -0.05) is 4.49 Å². The van der Waals surface area contributed by atoms with Crippen LogP contribution in [0.5, 0.6) is 0 Å². The van der Waals surface area contributed by atoms with Crippen LogP contribution in [0, 0.1) is 6.92 Å². The van der Waals surface area contributed by atoms with Gasteiger partial charge in [0, 0.05) is 30.3 Å². The van der Waals surface area contributed by atoms with Crippen molar-refractivity contribution in [3.05, 3.63) is 38.3 Å². The van der Waals surface area contributed by atoms with Gasteiger partial charge in [-0.2, -0.15) is 0 Å². The summed E-state index contributed by atoms with van der Waals surface area (Å²) in [6.07, 6.45) is 1.51. The standard InChI is InChI=1S/C9H11N5O2S/c1-5-3-14(9(16)11-7(5)15)4-6-8(10-2)17-13-12-6/h3,10H,4H2,1-2H3,(H,11,15,16). The molecule has 0 aliphatic heterocycles. The summed E-state index contributed by atoms with van der Waals surface area (Å²) < 4.78 is 5.20. The Morgan fingerprint density at radius 1 is 1.53 bits per heavy atom. The summed E-state index contributed by atoms with van der Waals surface area (Å²) in [5.41, 5.74) is 0.344. The van der Waals surface area contributed by atoms with Crippen molar-refractivity contribution in [1.29, 1.82) is 0 Å². The molecule has 0 atom stereocenters. The molecule has 2 rings (SSSR count). The van der Waals surface area contributed by atoms with Crippen molar-refractivity contribution in [1.82, 2.24) is 19.1 Å². The first-order chi connectivity index (χ1) is 8.11. The highest BCUT2D eigenvalue weighted by molar-refractivity contribution is 7.10. The molecule has 0 saturated heterocycles. The minimum atomic E-state index is -0.448. The van der Waals surface area contributed by atoms with Crippen molar-refractivity contribution >= 4 is 16.5 Å². The third kappa shape index (κ3) is 2.26. The SMILES string of the molecule is CNc1snnc1Cn1cc(C)c(=O)[nH]c1=O. The van der Waals surface area contributed by atoms with Crippen LogP contribution in [0.4, 0.5) is 5.00 Å². The zero-order chi connectivity index (χ0) is 12.4. The number of anilines is 1. The predicted octanol–water partition coefficient (Wildman–Crippen LogP) is -0.213. The molecule has 2 heterocycles. The van der Waals surface area contributed by atoms with Crippen LogP contribution < -0.4 is 16.6 Å². The molecule has 0 spiro atoms. The summed E-state index contributed by atoms with van der Waals surface area (Å²) in [7, 11) is 1.76. The largest absolute Gasteiger partial charge is 0.377 e. The minimum absolute atomic E-state index is 0.281. The summed E-state index contributed by atoms with van der Waals surface area (Å²) in [5, 5.41) is 7.68. The van der Waals surface area contributed by atoms with E-state index < -0.39 is 5.69 Å². The molecule has 0 bridgehead atoms. The van der Waals surface area contributed by atoms with Gasteiger partial charge in [-0.05, 0) is 6.92 Å². The van der Waals surface area contributed by atoms with Gasteiger partial charge < -0.3 is 5.32 Å². The molecule has 2 aromatic heterocycles. The van der Waals surface area contributed by atoms with Gasteiger partial charge in [0.15, 0.2) is 0 Å². The quantitative estimate of drug-likeness (QED) is 0.789. The second kappa shape index (κ2) is 4.50. The molecule has 0 aliphatic carbocycles. The molecule has 0 unspecified atom stereocenters. The number of nitrogens with zero attached hydrogens (tertiary/aromatic N) is 3. The first kappa shape index (κ1) is 11.5. The van der Waals surface area contributed by atoms with Crippen LogP contribution >= 0.6 is 11.5 Å². The van der Waals surface area contributed by atoms with Gasteiger partial charge in [0.05, 0.1) is 6.54 Å². The molecule has 0 amide bonds. The van der Waals surface area contributed by atoms with E-state index in [-0.39, 0.29) is 12.1 Å². The lowest BCUT2D eigenvalue weighted by atomic mass is 10.3. The van der Waals surface area contributed by atoms with E-state index in [4.69, 9.17) is 0 Å². The zero-order valence-corrected chi connectivity index (χ0v) is 10.2. The Labute approximate surface area is 100 Å². The second-order valence-corrected chi connectivity index (χ2v) is 4.25. The number of aromatic nitrogens is 4. The molecule has 90 valence electrons. The van der Waals surface area contributed by atoms with Crippen molar-refractivity contribution in [2.24, 2.45) is 0 Å². The van der Waals surface area contributed by atoms with Gasteiger partial charge >= 0.3 is 5.69 Å². The molecule has 2 N–H and O–H groups in total. The molecule has 0 fully saturated rings. The molecule has 7 nitrogen and oxygen atoms in total. The van der Waals surface area contributed by atoms with Crippen LogP contribution in [0.15, 0.2) is 15.8 Å². The lowest BCUT2D eigenvalue weighted by Gasteiger charge is -2.04. The Morgan fingerprint density at radius 3 is 3.00 bits per heavy atom. The molecular weight excluding hydrogens is 242 g/mol. The number of rotatable bonds is 3. The second-order valence-electron chi connectivity index (χ2n) is 3.50. The number of hydrogen-bond donors (Lipinski definition) is 2. The van der Waals surface area contributed by atoms with Gasteiger partial charge in [0.1, 0.15) is 10.7 Å². The highest BCUT2D eigenvalue weighted by atomic mass is 32.1. The molecular formula is C9H11N5O2S. The van der Waals surface area contributed by atoms with Gasteiger partial charge in [0.2, 0.25) is 0 Å². The van der Waals surface area contributed by atoms with Gasteiger partial charge in [0.25, 0.3) is 5.56 Å².